The second-order valence-corrected chi connectivity index (χ2v) is 8.20. The van der Waals surface area contributed by atoms with Crippen LogP contribution in [0.3, 0.4) is 0 Å². The molecule has 1 saturated heterocycles. The molecule has 3 aliphatic rings. The quantitative estimate of drug-likeness (QED) is 0.697. The number of anilines is 3. The number of pyridine rings is 1. The van der Waals surface area contributed by atoms with E-state index in [0.717, 1.165) is 35.7 Å². The van der Waals surface area contributed by atoms with Gasteiger partial charge in [0.25, 0.3) is 0 Å². The number of nitrogens with zero attached hydrogens (tertiary/aromatic N) is 6. The van der Waals surface area contributed by atoms with E-state index in [4.69, 9.17) is 0 Å². The molecule has 2 aromatic rings. The van der Waals surface area contributed by atoms with Crippen molar-refractivity contribution in [1.82, 2.24) is 25.1 Å². The number of carbonyl (C=O) groups excluding carboxylic acids is 2. The third kappa shape index (κ3) is 3.77. The molecular formula is C20H24N8O2. The zero-order chi connectivity index (χ0) is 20.7. The predicted octanol–water partition coefficient (Wildman–Crippen LogP) is 1.99. The molecule has 156 valence electrons. The van der Waals surface area contributed by atoms with Crippen molar-refractivity contribution in [1.29, 1.82) is 0 Å². The lowest BCUT2D eigenvalue weighted by Gasteiger charge is -2.17. The average molecular weight is 408 g/mol. The van der Waals surface area contributed by atoms with Gasteiger partial charge in [0.2, 0.25) is 11.9 Å². The Balaban J connectivity index is 1.14. The second kappa shape index (κ2) is 7.51. The Bertz CT molecular complexity index is 944. The first kappa shape index (κ1) is 18.7. The van der Waals surface area contributed by atoms with E-state index < -0.39 is 0 Å². The summed E-state index contributed by atoms with van der Waals surface area (Å²) in [4.78, 5) is 35.1. The smallest absolute Gasteiger partial charge is 0.331 e. The third-order valence-corrected chi connectivity index (χ3v) is 5.94. The monoisotopic (exact) mass is 408 g/mol. The van der Waals surface area contributed by atoms with E-state index in [-0.39, 0.29) is 18.5 Å². The van der Waals surface area contributed by atoms with Crippen LogP contribution in [0.15, 0.2) is 24.5 Å². The molecule has 0 spiro atoms. The number of hydrogen-bond donors (Lipinski definition) is 2. The highest BCUT2D eigenvalue weighted by atomic mass is 16.2. The molecule has 2 atom stereocenters. The van der Waals surface area contributed by atoms with Crippen molar-refractivity contribution in [3.05, 3.63) is 30.2 Å². The highest BCUT2D eigenvalue weighted by Gasteiger charge is 2.34. The van der Waals surface area contributed by atoms with Crippen LogP contribution in [0.4, 0.5) is 22.2 Å². The zero-order valence-corrected chi connectivity index (χ0v) is 16.8. The molecule has 30 heavy (non-hydrogen) atoms. The van der Waals surface area contributed by atoms with Gasteiger partial charge in [-0.15, -0.1) is 10.2 Å². The second-order valence-electron chi connectivity index (χ2n) is 8.20. The lowest BCUT2D eigenvalue weighted by molar-refractivity contribution is -0.123. The SMILES string of the molecule is CN1C(=O)CN(c2ccc(N[C@H]3CC[C@H](Nc4ncc(C5CC5)nn4)C3)nc2)C1=O. The van der Waals surface area contributed by atoms with Crippen molar-refractivity contribution in [2.75, 3.05) is 29.1 Å². The maximum absolute atomic E-state index is 12.1. The molecule has 2 N–H and O–H groups in total. The largest absolute Gasteiger partial charge is 0.367 e. The van der Waals surface area contributed by atoms with Crippen LogP contribution in [0, 0.1) is 0 Å². The van der Waals surface area contributed by atoms with Gasteiger partial charge in [-0.3, -0.25) is 14.6 Å². The summed E-state index contributed by atoms with van der Waals surface area (Å²) < 4.78 is 0. The van der Waals surface area contributed by atoms with Gasteiger partial charge in [-0.25, -0.2) is 14.8 Å². The molecule has 2 aliphatic carbocycles. The highest BCUT2D eigenvalue weighted by molar-refractivity contribution is 6.11. The summed E-state index contributed by atoms with van der Waals surface area (Å²) in [6.07, 6.45) is 8.80. The number of hydrogen-bond acceptors (Lipinski definition) is 8. The van der Waals surface area contributed by atoms with Crippen molar-refractivity contribution in [3.8, 4) is 0 Å². The molecule has 10 nitrogen and oxygen atoms in total. The fourth-order valence-corrected chi connectivity index (χ4v) is 3.98. The Morgan fingerprint density at radius 3 is 2.37 bits per heavy atom. The van der Waals surface area contributed by atoms with Gasteiger partial charge in [0.15, 0.2) is 0 Å². The third-order valence-electron chi connectivity index (χ3n) is 5.94. The lowest BCUT2D eigenvalue weighted by Crippen LogP contribution is -2.29. The minimum Gasteiger partial charge on any atom is -0.367 e. The van der Waals surface area contributed by atoms with Crippen molar-refractivity contribution in [2.24, 2.45) is 0 Å². The topological polar surface area (TPSA) is 116 Å². The minimum atomic E-state index is -0.325. The van der Waals surface area contributed by atoms with Gasteiger partial charge in [0.05, 0.1) is 23.8 Å². The Kier molecular flexibility index (Phi) is 4.68. The number of imide groups is 1. The summed E-state index contributed by atoms with van der Waals surface area (Å²) >= 11 is 0. The molecular weight excluding hydrogens is 384 g/mol. The van der Waals surface area contributed by atoms with E-state index in [0.29, 0.717) is 29.6 Å². The van der Waals surface area contributed by atoms with E-state index in [2.05, 4.69) is 30.8 Å². The minimum absolute atomic E-state index is 0.0539. The number of aromatic nitrogens is 4. The number of nitrogens with one attached hydrogen (secondary N) is 2. The highest BCUT2D eigenvalue weighted by Crippen LogP contribution is 2.38. The van der Waals surface area contributed by atoms with Crippen LogP contribution in [0.1, 0.15) is 43.7 Å². The van der Waals surface area contributed by atoms with Gasteiger partial charge in [-0.2, -0.15) is 0 Å². The molecule has 2 aromatic heterocycles. The molecule has 0 radical (unpaired) electrons. The molecule has 1 aliphatic heterocycles. The molecule has 10 heteroatoms. The normalized spacial score (nSPS) is 23.9. The van der Waals surface area contributed by atoms with E-state index in [1.165, 1.54) is 24.8 Å². The maximum atomic E-state index is 12.1. The van der Waals surface area contributed by atoms with Gasteiger partial charge in [0, 0.05) is 25.0 Å². The first-order valence-electron chi connectivity index (χ1n) is 10.3. The Morgan fingerprint density at radius 2 is 1.77 bits per heavy atom. The van der Waals surface area contributed by atoms with Crippen LogP contribution >= 0.6 is 0 Å². The predicted molar refractivity (Wildman–Crippen MR) is 110 cm³/mol. The number of rotatable bonds is 6. The first-order valence-corrected chi connectivity index (χ1v) is 10.3. The fourth-order valence-electron chi connectivity index (χ4n) is 3.98. The van der Waals surface area contributed by atoms with Crippen molar-refractivity contribution >= 4 is 29.4 Å². The molecule has 0 unspecified atom stereocenters. The van der Waals surface area contributed by atoms with Crippen LogP contribution in [0.2, 0.25) is 0 Å². The zero-order valence-electron chi connectivity index (χ0n) is 16.8. The number of amides is 3. The summed E-state index contributed by atoms with van der Waals surface area (Å²) in [5.41, 5.74) is 1.61. The van der Waals surface area contributed by atoms with Crippen molar-refractivity contribution in [2.45, 2.75) is 50.1 Å². The van der Waals surface area contributed by atoms with Crippen molar-refractivity contribution < 1.29 is 9.59 Å². The van der Waals surface area contributed by atoms with Crippen molar-refractivity contribution in [3.63, 3.8) is 0 Å². The molecule has 3 heterocycles. The van der Waals surface area contributed by atoms with Crippen LogP contribution in [-0.2, 0) is 4.79 Å². The molecule has 3 fully saturated rings. The summed E-state index contributed by atoms with van der Waals surface area (Å²) in [6.45, 7) is 0.0539. The van der Waals surface area contributed by atoms with E-state index >= 15 is 0 Å². The van der Waals surface area contributed by atoms with Crippen LogP contribution < -0.4 is 15.5 Å². The standard InChI is InChI=1S/C20H24N8O2/c1-27-18(29)11-28(20(27)30)15-6-7-17(21-9-15)23-13-4-5-14(8-13)24-19-22-10-16(25-26-19)12-2-3-12/h6-7,9-10,12-14H,2-5,8,11H2,1H3,(H,21,23)(H,22,24,26)/t13-,14-/m0/s1. The van der Waals surface area contributed by atoms with Crippen LogP contribution in [0.5, 0.6) is 0 Å². The van der Waals surface area contributed by atoms with Crippen LogP contribution in [0.25, 0.3) is 0 Å². The van der Waals surface area contributed by atoms with E-state index in [1.54, 1.807) is 6.20 Å². The molecule has 0 bridgehead atoms. The molecule has 5 rings (SSSR count). The Morgan fingerprint density at radius 1 is 0.967 bits per heavy atom. The first-order chi connectivity index (χ1) is 14.6. The number of urea groups is 1. The van der Waals surface area contributed by atoms with E-state index in [9.17, 15) is 9.59 Å². The summed E-state index contributed by atoms with van der Waals surface area (Å²) in [5.74, 6) is 1.68. The average Bonchev–Trinajstić information content (AvgIpc) is 3.47. The Hall–Kier alpha value is -3.30. The fraction of sp³-hybridized carbons (Fsp3) is 0.500. The maximum Gasteiger partial charge on any atom is 0.331 e. The molecule has 2 saturated carbocycles. The van der Waals surface area contributed by atoms with Gasteiger partial charge >= 0.3 is 6.03 Å². The van der Waals surface area contributed by atoms with Gasteiger partial charge in [0.1, 0.15) is 12.4 Å². The molecule has 3 amide bonds. The summed E-state index contributed by atoms with van der Waals surface area (Å²) in [7, 11) is 1.49. The van der Waals surface area contributed by atoms with Crippen LogP contribution in [-0.4, -0.2) is 62.7 Å². The number of likely N-dealkylation sites (N-methyl/N-ethyl adjacent to an activating group) is 1. The number of carbonyl (C=O) groups is 2. The van der Waals surface area contributed by atoms with Gasteiger partial charge in [-0.05, 0) is 44.2 Å². The van der Waals surface area contributed by atoms with E-state index in [1.807, 2.05) is 18.3 Å². The lowest BCUT2D eigenvalue weighted by atomic mass is 10.2. The summed E-state index contributed by atoms with van der Waals surface area (Å²) in [5, 5.41) is 15.3. The Labute approximate surface area is 174 Å². The molecule has 0 aromatic carbocycles. The summed E-state index contributed by atoms with van der Waals surface area (Å²) in [6, 6.07) is 3.91. The van der Waals surface area contributed by atoms with Gasteiger partial charge < -0.3 is 10.6 Å². The van der Waals surface area contributed by atoms with Gasteiger partial charge in [-0.1, -0.05) is 0 Å².